The van der Waals surface area contributed by atoms with Gasteiger partial charge < -0.3 is 0 Å². The van der Waals surface area contributed by atoms with E-state index in [1.807, 2.05) is 6.07 Å². The Hall–Kier alpha value is -1.08. The molecule has 0 aliphatic rings. The number of halogens is 2. The molecule has 1 aromatic carbocycles. The molecule has 0 spiro atoms. The van der Waals surface area contributed by atoms with E-state index in [-0.39, 0.29) is 5.75 Å². The van der Waals surface area contributed by atoms with Crippen molar-refractivity contribution in [2.75, 3.05) is 5.75 Å². The second-order valence-corrected chi connectivity index (χ2v) is 3.43. The summed E-state index contributed by atoms with van der Waals surface area (Å²) in [5.74, 6) is -0.202. The van der Waals surface area contributed by atoms with Crippen LogP contribution in [0, 0.1) is 11.3 Å². The molecule has 1 aromatic rings. The molecular formula is C9H7F2NS. The fraction of sp³-hybridized carbons (Fsp3) is 0.222. The highest BCUT2D eigenvalue weighted by molar-refractivity contribution is 7.99. The highest BCUT2D eigenvalue weighted by Gasteiger charge is 2.02. The molecule has 0 atom stereocenters. The zero-order chi connectivity index (χ0) is 9.68. The van der Waals surface area contributed by atoms with Gasteiger partial charge in [0.2, 0.25) is 6.43 Å². The van der Waals surface area contributed by atoms with Crippen molar-refractivity contribution in [2.24, 2.45) is 0 Å². The number of thioether (sulfide) groups is 1. The highest BCUT2D eigenvalue weighted by Crippen LogP contribution is 2.20. The van der Waals surface area contributed by atoms with Gasteiger partial charge in [-0.05, 0) is 24.3 Å². The van der Waals surface area contributed by atoms with E-state index in [1.165, 1.54) is 0 Å². The number of benzene rings is 1. The molecule has 0 heterocycles. The molecule has 68 valence electrons. The van der Waals surface area contributed by atoms with Crippen molar-refractivity contribution >= 4 is 11.8 Å². The Bertz CT molecular complexity index is 302. The fourth-order valence-electron chi connectivity index (χ4n) is 0.785. The molecule has 0 bridgehead atoms. The van der Waals surface area contributed by atoms with Gasteiger partial charge >= 0.3 is 0 Å². The van der Waals surface area contributed by atoms with Crippen molar-refractivity contribution in [1.29, 1.82) is 5.26 Å². The summed E-state index contributed by atoms with van der Waals surface area (Å²) in [6.07, 6.45) is -2.29. The van der Waals surface area contributed by atoms with E-state index in [0.717, 1.165) is 16.7 Å². The molecule has 0 fully saturated rings. The maximum Gasteiger partial charge on any atom is 0.247 e. The predicted molar refractivity (Wildman–Crippen MR) is 47.9 cm³/mol. The van der Waals surface area contributed by atoms with E-state index in [2.05, 4.69) is 0 Å². The second-order valence-electron chi connectivity index (χ2n) is 2.34. The molecule has 0 aromatic heterocycles. The van der Waals surface area contributed by atoms with Gasteiger partial charge in [-0.3, -0.25) is 0 Å². The molecule has 0 saturated heterocycles. The van der Waals surface area contributed by atoms with Gasteiger partial charge in [-0.25, -0.2) is 8.78 Å². The van der Waals surface area contributed by atoms with E-state index < -0.39 is 6.43 Å². The summed E-state index contributed by atoms with van der Waals surface area (Å²) in [5.41, 5.74) is 0.543. The van der Waals surface area contributed by atoms with Crippen LogP contribution in [0.3, 0.4) is 0 Å². The first-order valence-electron chi connectivity index (χ1n) is 3.63. The lowest BCUT2D eigenvalue weighted by Crippen LogP contribution is -1.92. The molecular weight excluding hydrogens is 192 g/mol. The Labute approximate surface area is 79.4 Å². The minimum Gasteiger partial charge on any atom is -0.210 e. The summed E-state index contributed by atoms with van der Waals surface area (Å²) in [4.78, 5) is 0.763. The van der Waals surface area contributed by atoms with Crippen LogP contribution in [0.15, 0.2) is 29.2 Å². The van der Waals surface area contributed by atoms with E-state index in [4.69, 9.17) is 5.26 Å². The molecule has 0 saturated carbocycles. The zero-order valence-electron chi connectivity index (χ0n) is 6.71. The van der Waals surface area contributed by atoms with Gasteiger partial charge in [-0.1, -0.05) is 0 Å². The Morgan fingerprint density at radius 1 is 1.31 bits per heavy atom. The number of alkyl halides is 2. The summed E-state index contributed by atoms with van der Waals surface area (Å²) < 4.78 is 23.6. The van der Waals surface area contributed by atoms with Crippen molar-refractivity contribution in [2.45, 2.75) is 11.3 Å². The Morgan fingerprint density at radius 2 is 1.92 bits per heavy atom. The van der Waals surface area contributed by atoms with Gasteiger partial charge in [0, 0.05) is 4.90 Å². The molecule has 0 radical (unpaired) electrons. The summed E-state index contributed by atoms with van der Waals surface area (Å²) in [5, 5.41) is 8.47. The maximum atomic E-state index is 11.8. The first-order chi connectivity index (χ1) is 6.22. The van der Waals surface area contributed by atoms with Crippen molar-refractivity contribution in [3.8, 4) is 6.07 Å². The van der Waals surface area contributed by atoms with E-state index >= 15 is 0 Å². The molecule has 1 nitrogen and oxygen atoms in total. The average molecular weight is 199 g/mol. The van der Waals surface area contributed by atoms with E-state index in [1.54, 1.807) is 24.3 Å². The molecule has 1 rings (SSSR count). The third-order valence-corrected chi connectivity index (χ3v) is 2.38. The van der Waals surface area contributed by atoms with Crippen LogP contribution in [0.2, 0.25) is 0 Å². The normalized spacial score (nSPS) is 10.0. The molecule has 4 heteroatoms. The largest absolute Gasteiger partial charge is 0.247 e. The smallest absolute Gasteiger partial charge is 0.210 e. The van der Waals surface area contributed by atoms with Crippen LogP contribution in [0.1, 0.15) is 5.56 Å². The SMILES string of the molecule is N#Cc1ccc(SCC(F)F)cc1. The third-order valence-electron chi connectivity index (χ3n) is 1.36. The predicted octanol–water partition coefficient (Wildman–Crippen LogP) is 2.92. The Kier molecular flexibility index (Phi) is 3.71. The third kappa shape index (κ3) is 3.43. The van der Waals surface area contributed by atoms with E-state index in [9.17, 15) is 8.78 Å². The summed E-state index contributed by atoms with van der Waals surface area (Å²) in [6.45, 7) is 0. The lowest BCUT2D eigenvalue weighted by molar-refractivity contribution is 0.177. The van der Waals surface area contributed by atoms with Crippen LogP contribution in [-0.4, -0.2) is 12.2 Å². The van der Waals surface area contributed by atoms with Crippen molar-refractivity contribution in [3.63, 3.8) is 0 Å². The number of nitrogens with zero attached hydrogens (tertiary/aromatic N) is 1. The number of hydrogen-bond acceptors (Lipinski definition) is 2. The second kappa shape index (κ2) is 4.83. The van der Waals surface area contributed by atoms with Crippen molar-refractivity contribution in [1.82, 2.24) is 0 Å². The number of hydrogen-bond donors (Lipinski definition) is 0. The van der Waals surface area contributed by atoms with Gasteiger partial charge in [-0.2, -0.15) is 5.26 Å². The fourth-order valence-corrected chi connectivity index (χ4v) is 1.43. The molecule has 0 amide bonds. The van der Waals surface area contributed by atoms with Crippen LogP contribution in [0.25, 0.3) is 0 Å². The summed E-state index contributed by atoms with van der Waals surface area (Å²) in [7, 11) is 0. The Morgan fingerprint density at radius 3 is 2.38 bits per heavy atom. The number of nitriles is 1. The molecule has 0 aliphatic heterocycles. The van der Waals surface area contributed by atoms with Gasteiger partial charge in [-0.15, -0.1) is 11.8 Å². The Balaban J connectivity index is 2.55. The van der Waals surface area contributed by atoms with E-state index in [0.29, 0.717) is 5.56 Å². The molecule has 0 unspecified atom stereocenters. The van der Waals surface area contributed by atoms with Crippen LogP contribution in [-0.2, 0) is 0 Å². The van der Waals surface area contributed by atoms with Crippen molar-refractivity contribution < 1.29 is 8.78 Å². The maximum absolute atomic E-state index is 11.8. The first-order valence-corrected chi connectivity index (χ1v) is 4.62. The molecule has 0 aliphatic carbocycles. The van der Waals surface area contributed by atoms with Crippen LogP contribution in [0.4, 0.5) is 8.78 Å². The lowest BCUT2D eigenvalue weighted by Gasteiger charge is -1.99. The number of rotatable bonds is 3. The molecule has 13 heavy (non-hydrogen) atoms. The van der Waals surface area contributed by atoms with Gasteiger partial charge in [0.25, 0.3) is 0 Å². The average Bonchev–Trinajstić information content (AvgIpc) is 2.15. The quantitative estimate of drug-likeness (QED) is 0.699. The summed E-state index contributed by atoms with van der Waals surface area (Å²) >= 11 is 1.09. The minimum absolute atomic E-state index is 0.202. The van der Waals surface area contributed by atoms with Gasteiger partial charge in [0.1, 0.15) is 0 Å². The molecule has 0 N–H and O–H groups in total. The standard InChI is InChI=1S/C9H7F2NS/c10-9(11)6-13-8-3-1-7(5-12)2-4-8/h1-4,9H,6H2. The monoisotopic (exact) mass is 199 g/mol. The summed E-state index contributed by atoms with van der Waals surface area (Å²) in [6, 6.07) is 8.54. The van der Waals surface area contributed by atoms with Crippen molar-refractivity contribution in [3.05, 3.63) is 29.8 Å². The van der Waals surface area contributed by atoms with Gasteiger partial charge in [0.15, 0.2) is 0 Å². The van der Waals surface area contributed by atoms with Gasteiger partial charge in [0.05, 0.1) is 17.4 Å². The van der Waals surface area contributed by atoms with Crippen LogP contribution < -0.4 is 0 Å². The highest BCUT2D eigenvalue weighted by atomic mass is 32.2. The topological polar surface area (TPSA) is 23.8 Å². The van der Waals surface area contributed by atoms with Crippen LogP contribution in [0.5, 0.6) is 0 Å². The minimum atomic E-state index is -2.29. The zero-order valence-corrected chi connectivity index (χ0v) is 7.52. The first kappa shape index (κ1) is 10.0. The lowest BCUT2D eigenvalue weighted by atomic mass is 10.2. The van der Waals surface area contributed by atoms with Crippen LogP contribution >= 0.6 is 11.8 Å².